The Hall–Kier alpha value is -2.70. The number of hydrogen-bond donors (Lipinski definition) is 0. The number of nitro groups is 1. The van der Waals surface area contributed by atoms with Crippen molar-refractivity contribution in [2.45, 2.75) is 0 Å². The van der Waals surface area contributed by atoms with E-state index in [1.54, 1.807) is 18.3 Å². The van der Waals surface area contributed by atoms with Crippen molar-refractivity contribution in [1.82, 2.24) is 9.97 Å². The molecule has 0 aliphatic heterocycles. The summed E-state index contributed by atoms with van der Waals surface area (Å²) in [5.74, 6) is 0.0247. The Morgan fingerprint density at radius 3 is 2.82 bits per heavy atom. The van der Waals surface area contributed by atoms with Gasteiger partial charge in [0, 0.05) is 6.20 Å². The van der Waals surface area contributed by atoms with Crippen LogP contribution >= 0.6 is 0 Å². The molecule has 7 nitrogen and oxygen atoms in total. The Balaban J connectivity index is 2.10. The summed E-state index contributed by atoms with van der Waals surface area (Å²) in [5, 5.41) is 10.5. The zero-order valence-corrected chi connectivity index (χ0v) is 8.36. The van der Waals surface area contributed by atoms with Crippen molar-refractivity contribution >= 4 is 17.1 Å². The van der Waals surface area contributed by atoms with Crippen LogP contribution in [-0.4, -0.2) is 14.9 Å². The van der Waals surface area contributed by atoms with Gasteiger partial charge in [-0.2, -0.15) is 4.98 Å². The van der Waals surface area contributed by atoms with Crippen LogP contribution < -0.4 is 0 Å². The summed E-state index contributed by atoms with van der Waals surface area (Å²) in [6, 6.07) is 6.10. The maximum atomic E-state index is 10.5. The van der Waals surface area contributed by atoms with Crippen LogP contribution in [0.2, 0.25) is 0 Å². The number of pyridine rings is 1. The third-order valence-corrected chi connectivity index (χ3v) is 2.15. The Morgan fingerprint density at radius 2 is 2.12 bits per heavy atom. The molecule has 0 saturated carbocycles. The molecule has 3 aromatic heterocycles. The fourth-order valence-electron chi connectivity index (χ4n) is 1.42. The van der Waals surface area contributed by atoms with E-state index < -0.39 is 4.92 Å². The Bertz CT molecular complexity index is 667. The number of rotatable bonds is 2. The third-order valence-electron chi connectivity index (χ3n) is 2.15. The van der Waals surface area contributed by atoms with Crippen LogP contribution in [0.5, 0.6) is 0 Å². The average Bonchev–Trinajstić information content (AvgIpc) is 2.95. The fraction of sp³-hybridized carbons (Fsp3) is 0. The zero-order valence-electron chi connectivity index (χ0n) is 8.36. The molecule has 0 spiro atoms. The van der Waals surface area contributed by atoms with Crippen molar-refractivity contribution in [2.75, 3.05) is 0 Å². The van der Waals surface area contributed by atoms with Gasteiger partial charge in [0.1, 0.15) is 4.92 Å². The van der Waals surface area contributed by atoms with E-state index in [0.717, 1.165) is 0 Å². The van der Waals surface area contributed by atoms with Crippen molar-refractivity contribution in [3.05, 3.63) is 40.6 Å². The van der Waals surface area contributed by atoms with Gasteiger partial charge in [-0.05, 0) is 18.2 Å². The molecule has 0 bridgehead atoms. The Morgan fingerprint density at radius 1 is 1.24 bits per heavy atom. The van der Waals surface area contributed by atoms with Crippen LogP contribution in [0.15, 0.2) is 39.3 Å². The number of fused-ring (bicyclic) bond motifs is 1. The fourth-order valence-corrected chi connectivity index (χ4v) is 1.42. The second-order valence-electron chi connectivity index (χ2n) is 3.24. The highest BCUT2D eigenvalue weighted by molar-refractivity contribution is 5.70. The SMILES string of the molecule is O=[N+]([O-])c1ccc(-c2nc3ncccc3o2)o1. The first-order valence-corrected chi connectivity index (χ1v) is 4.70. The molecule has 17 heavy (non-hydrogen) atoms. The van der Waals surface area contributed by atoms with Gasteiger partial charge in [-0.3, -0.25) is 10.1 Å². The molecular formula is C10H5N3O4. The summed E-state index contributed by atoms with van der Waals surface area (Å²) < 4.78 is 10.3. The standard InChI is InChI=1S/C10H5N3O4/c14-13(15)8-4-3-7(16-8)10-12-9-6(17-10)2-1-5-11-9/h1-5H. The van der Waals surface area contributed by atoms with Gasteiger partial charge in [0.15, 0.2) is 17.0 Å². The molecule has 0 saturated heterocycles. The summed E-state index contributed by atoms with van der Waals surface area (Å²) >= 11 is 0. The second kappa shape index (κ2) is 3.41. The van der Waals surface area contributed by atoms with Gasteiger partial charge in [0.2, 0.25) is 0 Å². The molecule has 3 heterocycles. The Kier molecular flexibility index (Phi) is 1.91. The largest absolute Gasteiger partial charge is 0.433 e. The molecule has 7 heteroatoms. The van der Waals surface area contributed by atoms with E-state index in [2.05, 4.69) is 9.97 Å². The van der Waals surface area contributed by atoms with Gasteiger partial charge in [-0.25, -0.2) is 4.98 Å². The van der Waals surface area contributed by atoms with Crippen LogP contribution in [0.25, 0.3) is 22.9 Å². The molecule has 0 aliphatic carbocycles. The van der Waals surface area contributed by atoms with Crippen LogP contribution in [0.1, 0.15) is 0 Å². The number of aromatic nitrogens is 2. The highest BCUT2D eigenvalue weighted by atomic mass is 16.6. The molecule has 84 valence electrons. The second-order valence-corrected chi connectivity index (χ2v) is 3.24. The van der Waals surface area contributed by atoms with Gasteiger partial charge in [0.25, 0.3) is 5.89 Å². The van der Waals surface area contributed by atoms with E-state index in [1.807, 2.05) is 0 Å². The van der Waals surface area contributed by atoms with E-state index in [1.165, 1.54) is 12.1 Å². The van der Waals surface area contributed by atoms with Gasteiger partial charge < -0.3 is 8.83 Å². The monoisotopic (exact) mass is 231 g/mol. The molecule has 0 atom stereocenters. The van der Waals surface area contributed by atoms with Gasteiger partial charge >= 0.3 is 5.88 Å². The van der Waals surface area contributed by atoms with Crippen LogP contribution in [0.3, 0.4) is 0 Å². The van der Waals surface area contributed by atoms with Crippen LogP contribution in [-0.2, 0) is 0 Å². The number of nitrogens with zero attached hydrogens (tertiary/aromatic N) is 3. The molecule has 0 aromatic carbocycles. The lowest BCUT2D eigenvalue weighted by Crippen LogP contribution is -1.82. The summed E-state index contributed by atoms with van der Waals surface area (Å²) in [6.07, 6.45) is 1.58. The minimum absolute atomic E-state index is 0.173. The molecule has 3 rings (SSSR count). The molecule has 0 N–H and O–H groups in total. The van der Waals surface area contributed by atoms with Gasteiger partial charge in [-0.15, -0.1) is 0 Å². The van der Waals surface area contributed by atoms with Gasteiger partial charge in [-0.1, -0.05) is 0 Å². The van der Waals surface area contributed by atoms with Gasteiger partial charge in [0.05, 0.1) is 6.07 Å². The predicted octanol–water partition coefficient (Wildman–Crippen LogP) is 2.39. The first kappa shape index (κ1) is 9.52. The lowest BCUT2D eigenvalue weighted by Gasteiger charge is -1.85. The van der Waals surface area contributed by atoms with Crippen molar-refractivity contribution < 1.29 is 13.8 Å². The molecule has 0 amide bonds. The van der Waals surface area contributed by atoms with Crippen LogP contribution in [0, 0.1) is 10.1 Å². The first-order chi connectivity index (χ1) is 8.24. The van der Waals surface area contributed by atoms with E-state index in [4.69, 9.17) is 8.83 Å². The zero-order chi connectivity index (χ0) is 11.8. The van der Waals surface area contributed by atoms with E-state index >= 15 is 0 Å². The quantitative estimate of drug-likeness (QED) is 0.496. The maximum Gasteiger partial charge on any atom is 0.433 e. The highest BCUT2D eigenvalue weighted by Gasteiger charge is 2.17. The predicted molar refractivity (Wildman–Crippen MR) is 56.2 cm³/mol. The summed E-state index contributed by atoms with van der Waals surface area (Å²) in [6.45, 7) is 0. The molecule has 0 aliphatic rings. The van der Waals surface area contributed by atoms with E-state index in [9.17, 15) is 10.1 Å². The Labute approximate surface area is 93.9 Å². The number of oxazole rings is 1. The first-order valence-electron chi connectivity index (χ1n) is 4.70. The summed E-state index contributed by atoms with van der Waals surface area (Å²) in [7, 11) is 0. The average molecular weight is 231 g/mol. The van der Waals surface area contributed by atoms with Crippen LogP contribution in [0.4, 0.5) is 5.88 Å². The van der Waals surface area contributed by atoms with Crippen molar-refractivity contribution in [1.29, 1.82) is 0 Å². The maximum absolute atomic E-state index is 10.5. The lowest BCUT2D eigenvalue weighted by molar-refractivity contribution is -0.401. The van der Waals surface area contributed by atoms with E-state index in [0.29, 0.717) is 11.2 Å². The molecule has 0 radical (unpaired) electrons. The topological polar surface area (TPSA) is 95.2 Å². The molecule has 3 aromatic rings. The number of furan rings is 1. The number of hydrogen-bond acceptors (Lipinski definition) is 6. The third kappa shape index (κ3) is 1.53. The normalized spacial score (nSPS) is 10.8. The molecular weight excluding hydrogens is 226 g/mol. The van der Waals surface area contributed by atoms with E-state index in [-0.39, 0.29) is 17.5 Å². The minimum Gasteiger partial charge on any atom is -0.432 e. The lowest BCUT2D eigenvalue weighted by atomic mass is 10.4. The van der Waals surface area contributed by atoms with Crippen molar-refractivity contribution in [3.8, 4) is 11.7 Å². The molecule has 0 fully saturated rings. The van der Waals surface area contributed by atoms with Crippen molar-refractivity contribution in [2.24, 2.45) is 0 Å². The smallest absolute Gasteiger partial charge is 0.432 e. The molecule has 0 unspecified atom stereocenters. The summed E-state index contributed by atoms with van der Waals surface area (Å²) in [4.78, 5) is 17.9. The minimum atomic E-state index is -0.621. The highest BCUT2D eigenvalue weighted by Crippen LogP contribution is 2.27. The van der Waals surface area contributed by atoms with Crippen molar-refractivity contribution in [3.63, 3.8) is 0 Å². The summed E-state index contributed by atoms with van der Waals surface area (Å²) in [5.41, 5.74) is 0.933.